The lowest BCUT2D eigenvalue weighted by molar-refractivity contribution is 1.19. The van der Waals surface area contributed by atoms with Gasteiger partial charge >= 0.3 is 0 Å². The lowest BCUT2D eigenvalue weighted by Gasteiger charge is -1.86. The number of thiazole rings is 1. The Balaban J connectivity index is 2.57. The molecule has 0 aliphatic rings. The van der Waals surface area contributed by atoms with Crippen molar-refractivity contribution in [3.8, 4) is 6.07 Å². The highest BCUT2D eigenvalue weighted by Crippen LogP contribution is 2.21. The van der Waals surface area contributed by atoms with Crippen molar-refractivity contribution in [2.75, 3.05) is 0 Å². The van der Waals surface area contributed by atoms with Gasteiger partial charge in [0.1, 0.15) is 5.01 Å². The van der Waals surface area contributed by atoms with Gasteiger partial charge in [-0.2, -0.15) is 5.26 Å². The molecule has 5 heteroatoms. The van der Waals surface area contributed by atoms with Crippen molar-refractivity contribution < 1.29 is 0 Å². The molecule has 3 nitrogen and oxygen atoms in total. The second-order valence-electron chi connectivity index (χ2n) is 2.42. The second kappa shape index (κ2) is 3.55. The van der Waals surface area contributed by atoms with E-state index in [9.17, 15) is 0 Å². The number of nitriles is 1. The minimum absolute atomic E-state index is 0.373. The molecule has 0 aromatic carbocycles. The number of hydrogen-bond donors (Lipinski definition) is 0. The van der Waals surface area contributed by atoms with Crippen LogP contribution in [0, 0.1) is 14.9 Å². The Labute approximate surface area is 92.6 Å². The molecule has 0 amide bonds. The molecular formula is C8H4IN3S. The normalized spacial score (nSPS) is 10.2. The molecule has 2 rings (SSSR count). The average molecular weight is 301 g/mol. The first-order valence-corrected chi connectivity index (χ1v) is 5.47. The third-order valence-corrected chi connectivity index (χ3v) is 3.07. The third-order valence-electron chi connectivity index (χ3n) is 1.49. The first kappa shape index (κ1) is 8.84. The zero-order valence-corrected chi connectivity index (χ0v) is 9.46. The summed E-state index contributed by atoms with van der Waals surface area (Å²) in [4.78, 5) is 8.39. The molecule has 0 spiro atoms. The van der Waals surface area contributed by atoms with Crippen LogP contribution in [0.4, 0.5) is 0 Å². The number of aromatic nitrogens is 2. The number of halogens is 1. The average Bonchev–Trinajstić information content (AvgIpc) is 2.46. The van der Waals surface area contributed by atoms with Gasteiger partial charge in [-0.3, -0.25) is 0 Å². The van der Waals surface area contributed by atoms with Gasteiger partial charge in [0.2, 0.25) is 0 Å². The molecule has 0 radical (unpaired) electrons. The maximum Gasteiger partial charge on any atom is 0.170 e. The largest absolute Gasteiger partial charge is 0.235 e. The first-order chi connectivity index (χ1) is 6.29. The second-order valence-corrected chi connectivity index (χ2v) is 4.78. The van der Waals surface area contributed by atoms with Crippen LogP contribution in [0.25, 0.3) is 10.3 Å². The summed E-state index contributed by atoms with van der Waals surface area (Å²) in [6.45, 7) is 0. The Morgan fingerprint density at radius 3 is 3.23 bits per heavy atom. The summed E-state index contributed by atoms with van der Waals surface area (Å²) in [5.41, 5.74) is 0.746. The lowest BCUT2D eigenvalue weighted by Crippen LogP contribution is -1.79. The Bertz CT molecular complexity index is 486. The molecule has 0 aliphatic heterocycles. The van der Waals surface area contributed by atoms with Crippen molar-refractivity contribution in [2.24, 2.45) is 0 Å². The molecule has 0 aliphatic carbocycles. The van der Waals surface area contributed by atoms with Crippen LogP contribution < -0.4 is 0 Å². The van der Waals surface area contributed by atoms with Gasteiger partial charge in [-0.25, -0.2) is 9.97 Å². The minimum Gasteiger partial charge on any atom is -0.235 e. The molecule has 0 fully saturated rings. The van der Waals surface area contributed by atoms with E-state index in [1.165, 1.54) is 11.3 Å². The van der Waals surface area contributed by atoms with Crippen molar-refractivity contribution in [3.63, 3.8) is 0 Å². The number of pyridine rings is 1. The van der Waals surface area contributed by atoms with E-state index in [0.717, 1.165) is 18.9 Å². The van der Waals surface area contributed by atoms with Crippen LogP contribution in [0.1, 0.15) is 5.01 Å². The van der Waals surface area contributed by atoms with Crippen LogP contribution in [-0.2, 0) is 6.42 Å². The van der Waals surface area contributed by atoms with Gasteiger partial charge in [0.25, 0.3) is 0 Å². The summed E-state index contributed by atoms with van der Waals surface area (Å²) in [7, 11) is 0. The third kappa shape index (κ3) is 1.78. The van der Waals surface area contributed by atoms with E-state index in [4.69, 9.17) is 5.26 Å². The van der Waals surface area contributed by atoms with E-state index in [1.54, 1.807) is 6.20 Å². The summed E-state index contributed by atoms with van der Waals surface area (Å²) in [6, 6.07) is 4.11. The monoisotopic (exact) mass is 301 g/mol. The molecular weight excluding hydrogens is 297 g/mol. The molecule has 0 N–H and O–H groups in total. The Morgan fingerprint density at radius 2 is 2.46 bits per heavy atom. The molecule has 0 atom stereocenters. The number of hydrogen-bond acceptors (Lipinski definition) is 4. The first-order valence-electron chi connectivity index (χ1n) is 3.57. The smallest absolute Gasteiger partial charge is 0.170 e. The van der Waals surface area contributed by atoms with E-state index in [2.05, 4.69) is 38.6 Å². The standard InChI is InChI=1S/C8H4IN3S/c9-5-3-6-8(11-4-5)12-7(13-6)1-2-10/h3-4H,1H2. The maximum absolute atomic E-state index is 8.49. The fraction of sp³-hybridized carbons (Fsp3) is 0.125. The highest BCUT2D eigenvalue weighted by molar-refractivity contribution is 14.1. The fourth-order valence-corrected chi connectivity index (χ4v) is 2.54. The van der Waals surface area contributed by atoms with Gasteiger partial charge in [0.05, 0.1) is 17.2 Å². The summed E-state index contributed by atoms with van der Waals surface area (Å²) >= 11 is 3.75. The zero-order chi connectivity index (χ0) is 9.26. The molecule has 64 valence electrons. The van der Waals surface area contributed by atoms with E-state index < -0.39 is 0 Å². The maximum atomic E-state index is 8.49. The minimum atomic E-state index is 0.373. The van der Waals surface area contributed by atoms with Crippen molar-refractivity contribution in [1.29, 1.82) is 5.26 Å². The van der Waals surface area contributed by atoms with Crippen LogP contribution in [-0.4, -0.2) is 9.97 Å². The lowest BCUT2D eigenvalue weighted by atomic mass is 10.5. The number of fused-ring (bicyclic) bond motifs is 1. The van der Waals surface area contributed by atoms with Gasteiger partial charge in [0, 0.05) is 9.77 Å². The van der Waals surface area contributed by atoms with E-state index in [1.807, 2.05) is 6.07 Å². The Hall–Kier alpha value is -0.740. The fourth-order valence-electron chi connectivity index (χ4n) is 0.984. The summed E-state index contributed by atoms with van der Waals surface area (Å²) in [5.74, 6) is 0. The van der Waals surface area contributed by atoms with Gasteiger partial charge in [-0.05, 0) is 28.7 Å². The van der Waals surface area contributed by atoms with Crippen molar-refractivity contribution in [3.05, 3.63) is 20.8 Å². The van der Waals surface area contributed by atoms with Crippen LogP contribution in [0.15, 0.2) is 12.3 Å². The molecule has 0 bridgehead atoms. The molecule has 0 saturated heterocycles. The molecule has 2 heterocycles. The van der Waals surface area contributed by atoms with Crippen molar-refractivity contribution in [2.45, 2.75) is 6.42 Å². The van der Waals surface area contributed by atoms with Crippen LogP contribution in [0.3, 0.4) is 0 Å². The van der Waals surface area contributed by atoms with E-state index in [0.29, 0.717) is 6.42 Å². The van der Waals surface area contributed by atoms with E-state index >= 15 is 0 Å². The topological polar surface area (TPSA) is 49.6 Å². The highest BCUT2D eigenvalue weighted by atomic mass is 127. The molecule has 0 unspecified atom stereocenters. The molecule has 2 aromatic rings. The van der Waals surface area contributed by atoms with Gasteiger partial charge in [0.15, 0.2) is 5.65 Å². The van der Waals surface area contributed by atoms with Gasteiger partial charge < -0.3 is 0 Å². The van der Waals surface area contributed by atoms with E-state index in [-0.39, 0.29) is 0 Å². The highest BCUT2D eigenvalue weighted by Gasteiger charge is 2.04. The molecule has 0 saturated carbocycles. The number of rotatable bonds is 1. The summed E-state index contributed by atoms with van der Waals surface area (Å²) in [5, 5.41) is 9.33. The van der Waals surface area contributed by atoms with Crippen LogP contribution in [0.5, 0.6) is 0 Å². The summed E-state index contributed by atoms with van der Waals surface area (Å²) < 4.78 is 2.15. The predicted octanol–water partition coefficient (Wildman–Crippen LogP) is 2.36. The summed E-state index contributed by atoms with van der Waals surface area (Å²) in [6.07, 6.45) is 2.15. The molecule has 2 aromatic heterocycles. The zero-order valence-electron chi connectivity index (χ0n) is 6.49. The Kier molecular flexibility index (Phi) is 2.42. The van der Waals surface area contributed by atoms with Gasteiger partial charge in [-0.1, -0.05) is 0 Å². The number of nitrogens with zero attached hydrogens (tertiary/aromatic N) is 3. The predicted molar refractivity (Wildman–Crippen MR) is 59.4 cm³/mol. The van der Waals surface area contributed by atoms with Crippen LogP contribution in [0.2, 0.25) is 0 Å². The van der Waals surface area contributed by atoms with Gasteiger partial charge in [-0.15, -0.1) is 11.3 Å². The SMILES string of the molecule is N#CCc1nc2ncc(I)cc2s1. The molecule has 13 heavy (non-hydrogen) atoms. The Morgan fingerprint density at radius 1 is 1.62 bits per heavy atom. The van der Waals surface area contributed by atoms with Crippen LogP contribution >= 0.6 is 33.9 Å². The van der Waals surface area contributed by atoms with Crippen molar-refractivity contribution >= 4 is 44.3 Å². The van der Waals surface area contributed by atoms with Crippen molar-refractivity contribution in [1.82, 2.24) is 9.97 Å². The quantitative estimate of drug-likeness (QED) is 0.760.